The maximum Gasteiger partial charge on any atom is 0.254 e. The molecule has 7 rings (SSSR count). The van der Waals surface area contributed by atoms with Crippen LogP contribution in [-0.2, 0) is 13.6 Å². The smallest absolute Gasteiger partial charge is 0.254 e. The molecule has 1 aliphatic carbocycles. The number of ether oxygens (including phenoxy) is 1. The van der Waals surface area contributed by atoms with Gasteiger partial charge < -0.3 is 24.1 Å². The number of methoxy groups -OCH3 is 1. The number of aryl methyl sites for hydroxylation is 1. The Kier molecular flexibility index (Phi) is 4.16. The fraction of sp³-hybridized carbons (Fsp3) is 0.423. The van der Waals surface area contributed by atoms with Gasteiger partial charge in [-0.05, 0) is 62.1 Å². The number of nitrogens with one attached hydrogen (secondary N) is 1. The molecular weight excluding hydrogens is 428 g/mol. The SMILES string of the molecule is COc1cc(C(=O)N2CC3(CCN3)C2)cc2nc(-c3cc4cccnc4n3CC3CC3)n(C)c12. The number of fused-ring (bicyclic) bond motifs is 2. The lowest BCUT2D eigenvalue weighted by molar-refractivity contribution is 0.00110. The molecule has 8 heteroatoms. The normalized spacial score (nSPS) is 18.9. The number of likely N-dealkylation sites (tertiary alicyclic amines) is 1. The molecule has 1 aromatic carbocycles. The standard InChI is InChI=1S/C26H28N6O2/c1-30-22-19(10-18(12-21(22)34-2)25(33)31-14-26(15-31)7-9-28-26)29-24(30)20-11-17-4-3-8-27-23(17)32(20)13-16-5-6-16/h3-4,8,10-12,16,28H,5-7,9,13-15H2,1-2H3. The number of nitrogens with zero attached hydrogens (tertiary/aromatic N) is 5. The van der Waals surface area contributed by atoms with E-state index in [0.717, 1.165) is 66.2 Å². The van der Waals surface area contributed by atoms with Crippen LogP contribution < -0.4 is 10.1 Å². The number of aromatic nitrogens is 4. The van der Waals surface area contributed by atoms with Crippen LogP contribution in [0.2, 0.25) is 0 Å². The molecule has 1 spiro atoms. The van der Waals surface area contributed by atoms with Crippen molar-refractivity contribution in [3.05, 3.63) is 42.1 Å². The highest BCUT2D eigenvalue weighted by molar-refractivity contribution is 6.00. The number of benzene rings is 1. The van der Waals surface area contributed by atoms with E-state index in [2.05, 4.69) is 31.6 Å². The zero-order valence-electron chi connectivity index (χ0n) is 19.5. The lowest BCUT2D eigenvalue weighted by atomic mass is 9.80. The highest BCUT2D eigenvalue weighted by Crippen LogP contribution is 2.38. The Morgan fingerprint density at radius 1 is 1.26 bits per heavy atom. The van der Waals surface area contributed by atoms with Gasteiger partial charge in [0.1, 0.15) is 16.9 Å². The van der Waals surface area contributed by atoms with E-state index in [0.29, 0.717) is 17.2 Å². The number of carbonyl (C=O) groups is 1. The molecule has 34 heavy (non-hydrogen) atoms. The van der Waals surface area contributed by atoms with Gasteiger partial charge in [0.15, 0.2) is 5.82 Å². The van der Waals surface area contributed by atoms with E-state index in [9.17, 15) is 4.79 Å². The number of rotatable bonds is 5. The largest absolute Gasteiger partial charge is 0.494 e. The number of amides is 1. The van der Waals surface area contributed by atoms with Crippen molar-refractivity contribution in [1.82, 2.24) is 29.3 Å². The molecule has 2 aliphatic heterocycles. The molecule has 5 heterocycles. The van der Waals surface area contributed by atoms with Crippen LogP contribution in [0.15, 0.2) is 36.5 Å². The molecular formula is C26H28N6O2. The van der Waals surface area contributed by atoms with Crippen molar-refractivity contribution in [1.29, 1.82) is 0 Å². The molecule has 8 nitrogen and oxygen atoms in total. The van der Waals surface area contributed by atoms with Crippen LogP contribution in [-0.4, -0.2) is 62.2 Å². The van der Waals surface area contributed by atoms with E-state index in [1.54, 1.807) is 7.11 Å². The van der Waals surface area contributed by atoms with Crippen molar-refractivity contribution in [2.75, 3.05) is 26.7 Å². The van der Waals surface area contributed by atoms with Crippen LogP contribution >= 0.6 is 0 Å². The first-order valence-electron chi connectivity index (χ1n) is 12.1. The average molecular weight is 457 g/mol. The monoisotopic (exact) mass is 456 g/mol. The Morgan fingerprint density at radius 2 is 2.09 bits per heavy atom. The number of hydrogen-bond acceptors (Lipinski definition) is 5. The summed E-state index contributed by atoms with van der Waals surface area (Å²) in [5.74, 6) is 2.27. The molecule has 1 N–H and O–H groups in total. The van der Waals surface area contributed by atoms with Crippen molar-refractivity contribution < 1.29 is 9.53 Å². The lowest BCUT2D eigenvalue weighted by Gasteiger charge is -2.56. The predicted octanol–water partition coefficient (Wildman–Crippen LogP) is 3.20. The van der Waals surface area contributed by atoms with E-state index < -0.39 is 0 Å². The summed E-state index contributed by atoms with van der Waals surface area (Å²) in [7, 11) is 3.67. The van der Waals surface area contributed by atoms with Crippen LogP contribution in [0.4, 0.5) is 0 Å². The summed E-state index contributed by atoms with van der Waals surface area (Å²) in [6, 6.07) is 10.0. The van der Waals surface area contributed by atoms with Crippen LogP contribution in [0.25, 0.3) is 33.6 Å². The first-order chi connectivity index (χ1) is 16.5. The van der Waals surface area contributed by atoms with Crippen molar-refractivity contribution in [3.63, 3.8) is 0 Å². The van der Waals surface area contributed by atoms with Crippen LogP contribution in [0.1, 0.15) is 29.6 Å². The zero-order valence-corrected chi connectivity index (χ0v) is 19.5. The Balaban J connectivity index is 1.32. The third-order valence-electron chi connectivity index (χ3n) is 7.80. The van der Waals surface area contributed by atoms with E-state index in [1.807, 2.05) is 36.3 Å². The minimum absolute atomic E-state index is 0.0405. The van der Waals surface area contributed by atoms with Gasteiger partial charge in [-0.1, -0.05) is 0 Å². The van der Waals surface area contributed by atoms with Gasteiger partial charge in [-0.25, -0.2) is 9.97 Å². The quantitative estimate of drug-likeness (QED) is 0.499. The summed E-state index contributed by atoms with van der Waals surface area (Å²) in [6.45, 7) is 3.54. The third-order valence-corrected chi connectivity index (χ3v) is 7.80. The Bertz CT molecular complexity index is 1450. The molecule has 3 aliphatic rings. The highest BCUT2D eigenvalue weighted by atomic mass is 16.5. The van der Waals surface area contributed by atoms with Gasteiger partial charge in [0.2, 0.25) is 0 Å². The molecule has 3 aromatic heterocycles. The number of carbonyl (C=O) groups excluding carboxylic acids is 1. The first kappa shape index (κ1) is 20.0. The second-order valence-corrected chi connectivity index (χ2v) is 10.2. The van der Waals surface area contributed by atoms with E-state index in [-0.39, 0.29) is 11.4 Å². The van der Waals surface area contributed by atoms with Gasteiger partial charge in [0.25, 0.3) is 5.91 Å². The van der Waals surface area contributed by atoms with E-state index in [4.69, 9.17) is 9.72 Å². The van der Waals surface area contributed by atoms with Crippen LogP contribution in [0, 0.1) is 5.92 Å². The summed E-state index contributed by atoms with van der Waals surface area (Å²) in [6.07, 6.45) is 5.53. The fourth-order valence-electron chi connectivity index (χ4n) is 5.59. The Labute approximate surface area is 197 Å². The summed E-state index contributed by atoms with van der Waals surface area (Å²) in [5.41, 5.74) is 4.50. The van der Waals surface area contributed by atoms with Gasteiger partial charge in [-0.3, -0.25) is 4.79 Å². The molecule has 1 amide bonds. The third kappa shape index (κ3) is 2.91. The molecule has 1 saturated carbocycles. The summed E-state index contributed by atoms with van der Waals surface area (Å²) in [5, 5.41) is 4.58. The molecule has 0 bridgehead atoms. The van der Waals surface area contributed by atoms with Crippen LogP contribution in [0.3, 0.4) is 0 Å². The van der Waals surface area contributed by atoms with Gasteiger partial charge in [0.05, 0.1) is 23.9 Å². The minimum Gasteiger partial charge on any atom is -0.494 e. The zero-order chi connectivity index (χ0) is 23.0. The Hall–Kier alpha value is -3.39. The molecule has 2 saturated heterocycles. The maximum atomic E-state index is 13.2. The number of hydrogen-bond donors (Lipinski definition) is 1. The molecule has 3 fully saturated rings. The lowest BCUT2D eigenvalue weighted by Crippen LogP contribution is -2.76. The van der Waals surface area contributed by atoms with E-state index in [1.165, 1.54) is 12.8 Å². The second kappa shape index (κ2) is 7.06. The van der Waals surface area contributed by atoms with Gasteiger partial charge in [-0.2, -0.15) is 0 Å². The molecule has 0 radical (unpaired) electrons. The first-order valence-corrected chi connectivity index (χ1v) is 12.1. The van der Waals surface area contributed by atoms with Gasteiger partial charge in [0, 0.05) is 43.8 Å². The van der Waals surface area contributed by atoms with Crippen molar-refractivity contribution in [2.24, 2.45) is 13.0 Å². The van der Waals surface area contributed by atoms with Crippen molar-refractivity contribution in [2.45, 2.75) is 31.3 Å². The molecule has 0 atom stereocenters. The molecule has 174 valence electrons. The minimum atomic E-state index is 0.0405. The summed E-state index contributed by atoms with van der Waals surface area (Å²) >= 11 is 0. The maximum absolute atomic E-state index is 13.2. The Morgan fingerprint density at radius 3 is 2.79 bits per heavy atom. The summed E-state index contributed by atoms with van der Waals surface area (Å²) in [4.78, 5) is 24.8. The van der Waals surface area contributed by atoms with E-state index >= 15 is 0 Å². The number of pyridine rings is 1. The van der Waals surface area contributed by atoms with Crippen LogP contribution in [0.5, 0.6) is 5.75 Å². The van der Waals surface area contributed by atoms with Gasteiger partial charge >= 0.3 is 0 Å². The second-order valence-electron chi connectivity index (χ2n) is 10.2. The highest BCUT2D eigenvalue weighted by Gasteiger charge is 2.49. The van der Waals surface area contributed by atoms with Crippen molar-refractivity contribution in [3.8, 4) is 17.3 Å². The summed E-state index contributed by atoms with van der Waals surface area (Å²) < 4.78 is 10.1. The van der Waals surface area contributed by atoms with Crippen molar-refractivity contribution >= 4 is 28.0 Å². The molecule has 0 unspecified atom stereocenters. The average Bonchev–Trinajstić information content (AvgIpc) is 3.45. The molecule has 4 aromatic rings. The predicted molar refractivity (Wildman–Crippen MR) is 130 cm³/mol. The fourth-order valence-corrected chi connectivity index (χ4v) is 5.59. The van der Waals surface area contributed by atoms with Gasteiger partial charge in [-0.15, -0.1) is 0 Å². The topological polar surface area (TPSA) is 77.2 Å². The number of imidazole rings is 1.